The molecule has 0 aliphatic heterocycles. The van der Waals surface area contributed by atoms with E-state index in [2.05, 4.69) is 27.6 Å². The van der Waals surface area contributed by atoms with E-state index < -0.39 is 0 Å². The van der Waals surface area contributed by atoms with Gasteiger partial charge in [0.2, 0.25) is 5.88 Å². The molecule has 0 atom stereocenters. The Labute approximate surface area is 186 Å². The van der Waals surface area contributed by atoms with Crippen LogP contribution < -0.4 is 11.1 Å². The molecule has 0 fully saturated rings. The molecule has 0 aliphatic rings. The number of anilines is 1. The van der Waals surface area contributed by atoms with E-state index in [1.54, 1.807) is 12.1 Å². The van der Waals surface area contributed by atoms with Crippen molar-refractivity contribution >= 4 is 11.8 Å². The summed E-state index contributed by atoms with van der Waals surface area (Å²) >= 11 is 0. The van der Waals surface area contributed by atoms with Crippen molar-refractivity contribution in [3.63, 3.8) is 0 Å². The molecule has 32 heavy (non-hydrogen) atoms. The lowest BCUT2D eigenvalue weighted by Crippen LogP contribution is -2.22. The summed E-state index contributed by atoms with van der Waals surface area (Å²) in [6.45, 7) is 0.578. The van der Waals surface area contributed by atoms with Crippen LogP contribution >= 0.6 is 0 Å². The maximum atomic E-state index is 14.5. The second kappa shape index (κ2) is 10.4. The molecule has 4 aromatic rings. The van der Waals surface area contributed by atoms with Gasteiger partial charge in [-0.25, -0.2) is 4.39 Å². The molecule has 0 spiro atoms. The predicted molar refractivity (Wildman–Crippen MR) is 126 cm³/mol. The fourth-order valence-corrected chi connectivity index (χ4v) is 3.44. The zero-order chi connectivity index (χ0) is 22.2. The monoisotopic (exact) mass is 428 g/mol. The minimum Gasteiger partial charge on any atom is -0.370 e. The van der Waals surface area contributed by atoms with Crippen molar-refractivity contribution in [2.24, 2.45) is 10.7 Å². The molecule has 0 aliphatic carbocycles. The molecule has 3 N–H and O–H groups in total. The maximum Gasteiger partial charge on any atom is 0.231 e. The fourth-order valence-electron chi connectivity index (χ4n) is 3.44. The molecular formula is C26H25FN4O. The van der Waals surface area contributed by atoms with E-state index in [1.165, 1.54) is 5.56 Å². The molecule has 0 amide bonds. The SMILES string of the molecule is NC(=NCCc1ccccc1)Nc1cc(CCc2ccc(-c3ccccc3)c(F)c2)no1. The minimum atomic E-state index is -0.226. The molecular weight excluding hydrogens is 403 g/mol. The molecule has 0 saturated carbocycles. The Kier molecular flexibility index (Phi) is 6.92. The van der Waals surface area contributed by atoms with Gasteiger partial charge in [0.05, 0.1) is 5.69 Å². The van der Waals surface area contributed by atoms with Gasteiger partial charge in [-0.05, 0) is 42.0 Å². The summed E-state index contributed by atoms with van der Waals surface area (Å²) in [5, 5.41) is 6.98. The van der Waals surface area contributed by atoms with Gasteiger partial charge in [0.1, 0.15) is 5.82 Å². The number of guanidine groups is 1. The molecule has 3 aromatic carbocycles. The van der Waals surface area contributed by atoms with Crippen LogP contribution in [0.2, 0.25) is 0 Å². The first-order valence-electron chi connectivity index (χ1n) is 10.6. The molecule has 1 aromatic heterocycles. The Balaban J connectivity index is 1.29. The van der Waals surface area contributed by atoms with Gasteiger partial charge in [0, 0.05) is 18.2 Å². The lowest BCUT2D eigenvalue weighted by atomic mass is 10.0. The highest BCUT2D eigenvalue weighted by Gasteiger charge is 2.09. The summed E-state index contributed by atoms with van der Waals surface area (Å²) in [6.07, 6.45) is 2.09. The van der Waals surface area contributed by atoms with Crippen LogP contribution in [0.25, 0.3) is 11.1 Å². The number of benzene rings is 3. The highest BCUT2D eigenvalue weighted by Crippen LogP contribution is 2.24. The molecule has 1 heterocycles. The average molecular weight is 429 g/mol. The predicted octanol–water partition coefficient (Wildman–Crippen LogP) is 5.24. The van der Waals surface area contributed by atoms with Crippen molar-refractivity contribution in [1.82, 2.24) is 5.16 Å². The molecule has 0 unspecified atom stereocenters. The van der Waals surface area contributed by atoms with Crippen molar-refractivity contribution in [2.45, 2.75) is 19.3 Å². The summed E-state index contributed by atoms with van der Waals surface area (Å²) in [5.74, 6) is 0.490. The second-order valence-corrected chi connectivity index (χ2v) is 7.49. The average Bonchev–Trinajstić information content (AvgIpc) is 3.26. The first kappa shape index (κ1) is 21.3. The van der Waals surface area contributed by atoms with Crippen LogP contribution in [0.3, 0.4) is 0 Å². The van der Waals surface area contributed by atoms with Gasteiger partial charge in [0.25, 0.3) is 0 Å². The third kappa shape index (κ3) is 5.82. The van der Waals surface area contributed by atoms with Gasteiger partial charge in [-0.3, -0.25) is 10.3 Å². The number of halogens is 1. The number of hydrogen-bond donors (Lipinski definition) is 2. The Morgan fingerprint density at radius 3 is 2.38 bits per heavy atom. The Morgan fingerprint density at radius 2 is 1.62 bits per heavy atom. The third-order valence-electron chi connectivity index (χ3n) is 5.12. The third-order valence-corrected chi connectivity index (χ3v) is 5.12. The minimum absolute atomic E-state index is 0.226. The summed E-state index contributed by atoms with van der Waals surface area (Å²) in [5.41, 5.74) is 10.3. The first-order valence-corrected chi connectivity index (χ1v) is 10.6. The van der Waals surface area contributed by atoms with Gasteiger partial charge < -0.3 is 10.3 Å². The van der Waals surface area contributed by atoms with Gasteiger partial charge in [0.15, 0.2) is 5.96 Å². The summed E-state index contributed by atoms with van der Waals surface area (Å²) in [6, 6.07) is 26.8. The van der Waals surface area contributed by atoms with Crippen LogP contribution in [-0.2, 0) is 19.3 Å². The fraction of sp³-hybridized carbons (Fsp3) is 0.154. The number of nitrogens with one attached hydrogen (secondary N) is 1. The number of nitrogens with two attached hydrogens (primary N) is 1. The molecule has 4 rings (SSSR count). The standard InChI is InChI=1S/C26H25FN4O/c27-24-17-20(12-14-23(24)21-9-5-2-6-10-21)11-13-22-18-25(32-31-22)30-26(28)29-16-15-19-7-3-1-4-8-19/h1-10,12,14,17-18H,11,13,15-16H2,(H3,28,29,30). The van der Waals surface area contributed by atoms with E-state index in [0.717, 1.165) is 23.2 Å². The highest BCUT2D eigenvalue weighted by atomic mass is 19.1. The largest absolute Gasteiger partial charge is 0.370 e. The van der Waals surface area contributed by atoms with Crippen molar-refractivity contribution in [3.8, 4) is 11.1 Å². The van der Waals surface area contributed by atoms with E-state index in [0.29, 0.717) is 30.8 Å². The number of rotatable bonds is 8. The lowest BCUT2D eigenvalue weighted by Gasteiger charge is -2.06. The lowest BCUT2D eigenvalue weighted by molar-refractivity contribution is 0.426. The quantitative estimate of drug-likeness (QED) is 0.297. The van der Waals surface area contributed by atoms with Crippen LogP contribution in [0.1, 0.15) is 16.8 Å². The summed E-state index contributed by atoms with van der Waals surface area (Å²) < 4.78 is 19.8. The smallest absolute Gasteiger partial charge is 0.231 e. The molecule has 0 radical (unpaired) electrons. The normalized spacial score (nSPS) is 11.5. The Hall–Kier alpha value is -3.93. The number of aliphatic imine (C=N–C) groups is 1. The van der Waals surface area contributed by atoms with Crippen LogP contribution in [0.15, 0.2) is 94.4 Å². The second-order valence-electron chi connectivity index (χ2n) is 7.49. The Morgan fingerprint density at radius 1 is 0.875 bits per heavy atom. The van der Waals surface area contributed by atoms with Crippen LogP contribution in [0.4, 0.5) is 10.3 Å². The van der Waals surface area contributed by atoms with Crippen LogP contribution in [0, 0.1) is 5.82 Å². The van der Waals surface area contributed by atoms with Crippen molar-refractivity contribution in [3.05, 3.63) is 108 Å². The number of nitrogens with zero attached hydrogens (tertiary/aromatic N) is 2. The number of aromatic nitrogens is 1. The van der Waals surface area contributed by atoms with Crippen LogP contribution in [-0.4, -0.2) is 17.7 Å². The Bertz CT molecular complexity index is 1170. The molecule has 5 nitrogen and oxygen atoms in total. The zero-order valence-corrected chi connectivity index (χ0v) is 17.7. The van der Waals surface area contributed by atoms with E-state index in [9.17, 15) is 4.39 Å². The molecule has 162 valence electrons. The van der Waals surface area contributed by atoms with Gasteiger partial charge >= 0.3 is 0 Å². The number of aryl methyl sites for hydroxylation is 2. The maximum absolute atomic E-state index is 14.5. The van der Waals surface area contributed by atoms with Gasteiger partial charge in [-0.15, -0.1) is 0 Å². The zero-order valence-electron chi connectivity index (χ0n) is 17.7. The van der Waals surface area contributed by atoms with Crippen molar-refractivity contribution in [1.29, 1.82) is 0 Å². The van der Waals surface area contributed by atoms with E-state index in [4.69, 9.17) is 10.3 Å². The van der Waals surface area contributed by atoms with E-state index >= 15 is 0 Å². The van der Waals surface area contributed by atoms with E-state index in [1.807, 2.05) is 60.7 Å². The summed E-state index contributed by atoms with van der Waals surface area (Å²) in [7, 11) is 0. The molecule has 6 heteroatoms. The van der Waals surface area contributed by atoms with Crippen molar-refractivity contribution in [2.75, 3.05) is 11.9 Å². The molecule has 0 bridgehead atoms. The van der Waals surface area contributed by atoms with Crippen molar-refractivity contribution < 1.29 is 8.91 Å². The van der Waals surface area contributed by atoms with Gasteiger partial charge in [-0.2, -0.15) is 0 Å². The van der Waals surface area contributed by atoms with Crippen LogP contribution in [0.5, 0.6) is 0 Å². The van der Waals surface area contributed by atoms with Gasteiger partial charge in [-0.1, -0.05) is 78.0 Å². The molecule has 0 saturated heterocycles. The summed E-state index contributed by atoms with van der Waals surface area (Å²) in [4.78, 5) is 4.31. The number of hydrogen-bond acceptors (Lipinski definition) is 3. The highest BCUT2D eigenvalue weighted by molar-refractivity contribution is 5.90. The topological polar surface area (TPSA) is 76.4 Å². The van der Waals surface area contributed by atoms with E-state index in [-0.39, 0.29) is 11.8 Å². The first-order chi connectivity index (χ1) is 15.7.